The third-order valence-electron chi connectivity index (χ3n) is 3.43. The van der Waals surface area contributed by atoms with Crippen molar-refractivity contribution in [3.63, 3.8) is 0 Å². The molecule has 1 aromatic rings. The third-order valence-corrected chi connectivity index (χ3v) is 6.34. The van der Waals surface area contributed by atoms with Crippen LogP contribution in [0.25, 0.3) is 0 Å². The summed E-state index contributed by atoms with van der Waals surface area (Å²) >= 11 is 0.875. The number of carboxylic acid groups (broad SMARTS) is 1. The van der Waals surface area contributed by atoms with Gasteiger partial charge < -0.3 is 10.4 Å². The molecule has 0 spiro atoms. The van der Waals surface area contributed by atoms with Crippen LogP contribution < -0.4 is 5.32 Å². The van der Waals surface area contributed by atoms with Crippen LogP contribution in [0.3, 0.4) is 0 Å². The molecule has 116 valence electrons. The van der Waals surface area contributed by atoms with E-state index in [4.69, 9.17) is 5.11 Å². The van der Waals surface area contributed by atoms with Crippen molar-refractivity contribution in [3.8, 4) is 0 Å². The van der Waals surface area contributed by atoms with Gasteiger partial charge in [0.2, 0.25) is 15.9 Å². The number of carbonyl (C=O) groups excluding carboxylic acids is 1. The van der Waals surface area contributed by atoms with Crippen molar-refractivity contribution < 1.29 is 23.1 Å². The minimum Gasteiger partial charge on any atom is -0.477 e. The summed E-state index contributed by atoms with van der Waals surface area (Å²) in [6.45, 7) is 0.467. The number of rotatable bonds is 4. The number of carbonyl (C=O) groups is 2. The number of hydrogen-bond donors (Lipinski definition) is 2. The van der Waals surface area contributed by atoms with Crippen LogP contribution in [-0.2, 0) is 14.8 Å². The van der Waals surface area contributed by atoms with Crippen molar-refractivity contribution in [2.45, 2.75) is 17.7 Å². The van der Waals surface area contributed by atoms with Gasteiger partial charge in [-0.05, 0) is 18.9 Å². The number of carboxylic acids is 1. The van der Waals surface area contributed by atoms with Gasteiger partial charge in [-0.1, -0.05) is 0 Å². The molecule has 1 aliphatic heterocycles. The number of hydrogen-bond acceptors (Lipinski definition) is 5. The van der Waals surface area contributed by atoms with Gasteiger partial charge in [0.05, 0.1) is 10.8 Å². The van der Waals surface area contributed by atoms with E-state index in [0.29, 0.717) is 19.4 Å². The maximum Gasteiger partial charge on any atom is 0.345 e. The quantitative estimate of drug-likeness (QED) is 0.840. The molecule has 1 fully saturated rings. The van der Waals surface area contributed by atoms with E-state index in [1.54, 1.807) is 0 Å². The van der Waals surface area contributed by atoms with E-state index in [2.05, 4.69) is 5.32 Å². The summed E-state index contributed by atoms with van der Waals surface area (Å²) in [5.41, 5.74) is 0. The first kappa shape index (κ1) is 15.9. The zero-order chi connectivity index (χ0) is 15.6. The lowest BCUT2D eigenvalue weighted by Crippen LogP contribution is -2.44. The predicted molar refractivity (Wildman–Crippen MR) is 76.8 cm³/mol. The predicted octanol–water partition coefficient (Wildman–Crippen LogP) is 0.593. The van der Waals surface area contributed by atoms with Gasteiger partial charge >= 0.3 is 5.97 Å². The molecule has 2 rings (SSSR count). The maximum absolute atomic E-state index is 12.5. The second kappa shape index (κ2) is 6.12. The normalized spacial score (nSPS) is 20.1. The molecule has 1 atom stereocenters. The fourth-order valence-corrected chi connectivity index (χ4v) is 4.92. The standard InChI is InChI=1S/C12H16N2O5S2/c1-13-11(15)8-3-2-4-14(6-8)21(18,19)9-5-10(12(16)17)20-7-9/h5,7-8H,2-4,6H2,1H3,(H,13,15)(H,16,17). The Bertz CT molecular complexity index is 652. The molecule has 0 aliphatic carbocycles. The Hall–Kier alpha value is -1.45. The molecular weight excluding hydrogens is 316 g/mol. The summed E-state index contributed by atoms with van der Waals surface area (Å²) in [5.74, 6) is -1.69. The molecule has 0 radical (unpaired) electrons. The van der Waals surface area contributed by atoms with Crippen molar-refractivity contribution in [1.29, 1.82) is 0 Å². The minimum absolute atomic E-state index is 0.0200. The van der Waals surface area contributed by atoms with E-state index < -0.39 is 16.0 Å². The van der Waals surface area contributed by atoms with Gasteiger partial charge in [0.25, 0.3) is 0 Å². The molecular formula is C12H16N2O5S2. The third kappa shape index (κ3) is 3.25. The van der Waals surface area contributed by atoms with Crippen LogP contribution in [0, 0.1) is 5.92 Å². The molecule has 1 saturated heterocycles. The van der Waals surface area contributed by atoms with Gasteiger partial charge in [0, 0.05) is 25.5 Å². The zero-order valence-electron chi connectivity index (χ0n) is 11.4. The smallest absolute Gasteiger partial charge is 0.345 e. The molecule has 1 aromatic heterocycles. The number of sulfonamides is 1. The van der Waals surface area contributed by atoms with Gasteiger partial charge in [-0.3, -0.25) is 4.79 Å². The van der Waals surface area contributed by atoms with Gasteiger partial charge in [-0.15, -0.1) is 11.3 Å². The van der Waals surface area contributed by atoms with Gasteiger partial charge in [0.1, 0.15) is 4.88 Å². The summed E-state index contributed by atoms with van der Waals surface area (Å²) < 4.78 is 26.2. The lowest BCUT2D eigenvalue weighted by Gasteiger charge is -2.30. The van der Waals surface area contributed by atoms with Crippen molar-refractivity contribution in [2.24, 2.45) is 5.92 Å². The van der Waals surface area contributed by atoms with E-state index in [-0.39, 0.29) is 28.1 Å². The monoisotopic (exact) mass is 332 g/mol. The lowest BCUT2D eigenvalue weighted by atomic mass is 9.99. The summed E-state index contributed by atoms with van der Waals surface area (Å²) in [4.78, 5) is 22.5. The van der Waals surface area contributed by atoms with Crippen molar-refractivity contribution in [2.75, 3.05) is 20.1 Å². The molecule has 2 N–H and O–H groups in total. The van der Waals surface area contributed by atoms with Crippen LogP contribution in [-0.4, -0.2) is 49.8 Å². The second-order valence-corrected chi connectivity index (χ2v) is 7.62. The lowest BCUT2D eigenvalue weighted by molar-refractivity contribution is -0.125. The highest BCUT2D eigenvalue weighted by Gasteiger charge is 2.33. The molecule has 7 nitrogen and oxygen atoms in total. The number of nitrogens with zero attached hydrogens (tertiary/aromatic N) is 1. The van der Waals surface area contributed by atoms with Crippen molar-refractivity contribution in [1.82, 2.24) is 9.62 Å². The van der Waals surface area contributed by atoms with E-state index in [1.807, 2.05) is 0 Å². The summed E-state index contributed by atoms with van der Waals surface area (Å²) in [6, 6.07) is 1.16. The Morgan fingerprint density at radius 1 is 1.48 bits per heavy atom. The number of nitrogens with one attached hydrogen (secondary N) is 1. The largest absolute Gasteiger partial charge is 0.477 e. The van der Waals surface area contributed by atoms with Crippen LogP contribution in [0.2, 0.25) is 0 Å². The number of aromatic carboxylic acids is 1. The Labute approximate surface area is 126 Å². The van der Waals surface area contributed by atoms with Gasteiger partial charge in [0.15, 0.2) is 0 Å². The molecule has 1 amide bonds. The van der Waals surface area contributed by atoms with Gasteiger partial charge in [-0.25, -0.2) is 13.2 Å². The van der Waals surface area contributed by atoms with E-state index >= 15 is 0 Å². The van der Waals surface area contributed by atoms with Crippen LogP contribution >= 0.6 is 11.3 Å². The molecule has 21 heavy (non-hydrogen) atoms. The summed E-state index contributed by atoms with van der Waals surface area (Å²) in [7, 11) is -2.23. The first-order valence-corrected chi connectivity index (χ1v) is 8.72. The van der Waals surface area contributed by atoms with Crippen molar-refractivity contribution >= 4 is 33.2 Å². The van der Waals surface area contributed by atoms with Crippen LogP contribution in [0.1, 0.15) is 22.5 Å². The highest BCUT2D eigenvalue weighted by atomic mass is 32.2. The van der Waals surface area contributed by atoms with Crippen LogP contribution in [0.5, 0.6) is 0 Å². The Morgan fingerprint density at radius 3 is 2.76 bits per heavy atom. The molecule has 0 bridgehead atoms. The molecule has 1 unspecified atom stereocenters. The fraction of sp³-hybridized carbons (Fsp3) is 0.500. The molecule has 0 aromatic carbocycles. The fourth-order valence-electron chi connectivity index (χ4n) is 2.29. The second-order valence-electron chi connectivity index (χ2n) is 4.77. The van der Waals surface area contributed by atoms with Crippen molar-refractivity contribution in [3.05, 3.63) is 16.3 Å². The Morgan fingerprint density at radius 2 is 2.19 bits per heavy atom. The number of thiophene rings is 1. The average molecular weight is 332 g/mol. The van der Waals surface area contributed by atoms with E-state index in [9.17, 15) is 18.0 Å². The SMILES string of the molecule is CNC(=O)C1CCCN(S(=O)(=O)c2csc(C(=O)O)c2)C1. The summed E-state index contributed by atoms with van der Waals surface area (Å²) in [5, 5.41) is 12.7. The molecule has 0 saturated carbocycles. The highest BCUT2D eigenvalue weighted by Crippen LogP contribution is 2.27. The zero-order valence-corrected chi connectivity index (χ0v) is 13.0. The minimum atomic E-state index is -3.75. The summed E-state index contributed by atoms with van der Waals surface area (Å²) in [6.07, 6.45) is 1.25. The maximum atomic E-state index is 12.5. The van der Waals surface area contributed by atoms with E-state index in [0.717, 1.165) is 17.4 Å². The Balaban J connectivity index is 2.22. The topological polar surface area (TPSA) is 104 Å². The number of piperidine rings is 1. The Kier molecular flexibility index (Phi) is 4.64. The first-order valence-electron chi connectivity index (χ1n) is 6.40. The average Bonchev–Trinajstić information content (AvgIpc) is 2.97. The van der Waals surface area contributed by atoms with Gasteiger partial charge in [-0.2, -0.15) is 4.31 Å². The highest BCUT2D eigenvalue weighted by molar-refractivity contribution is 7.89. The van der Waals surface area contributed by atoms with Crippen LogP contribution in [0.4, 0.5) is 0 Å². The van der Waals surface area contributed by atoms with Crippen LogP contribution in [0.15, 0.2) is 16.3 Å². The number of amides is 1. The molecule has 9 heteroatoms. The molecule has 1 aliphatic rings. The van der Waals surface area contributed by atoms with E-state index in [1.165, 1.54) is 16.7 Å². The molecule has 2 heterocycles. The first-order chi connectivity index (χ1) is 9.86.